The molecule has 0 bridgehead atoms. The summed E-state index contributed by atoms with van der Waals surface area (Å²) in [6.45, 7) is 7.42. The molecule has 1 atom stereocenters. The van der Waals surface area contributed by atoms with Gasteiger partial charge in [-0.05, 0) is 67.1 Å². The number of nitrogens with one attached hydrogen (secondary N) is 2. The van der Waals surface area contributed by atoms with Crippen molar-refractivity contribution < 1.29 is 9.59 Å². The minimum Gasteiger partial charge on any atom is -0.372 e. The number of anilines is 3. The molecule has 192 valence electrons. The molecule has 2 amide bonds. The Morgan fingerprint density at radius 2 is 1.53 bits per heavy atom. The van der Waals surface area contributed by atoms with Crippen molar-refractivity contribution in [2.24, 2.45) is 5.10 Å². The zero-order valence-electron chi connectivity index (χ0n) is 21.8. The van der Waals surface area contributed by atoms with Gasteiger partial charge in [-0.15, -0.1) is 0 Å². The Hall–Kier alpha value is -4.65. The van der Waals surface area contributed by atoms with Gasteiger partial charge in [-0.3, -0.25) is 9.59 Å². The molecule has 0 spiro atoms. The number of hydrazone groups is 1. The van der Waals surface area contributed by atoms with Crippen LogP contribution < -0.4 is 20.5 Å². The molecule has 5 rings (SSSR count). The van der Waals surface area contributed by atoms with Gasteiger partial charge in [0.15, 0.2) is 0 Å². The number of amides is 2. The summed E-state index contributed by atoms with van der Waals surface area (Å²) < 4.78 is 0. The summed E-state index contributed by atoms with van der Waals surface area (Å²) in [6.07, 6.45) is 0. The molecule has 0 fully saturated rings. The third-order valence-corrected chi connectivity index (χ3v) is 6.78. The maximum Gasteiger partial charge on any atom is 0.300 e. The molecule has 0 aliphatic carbocycles. The molecule has 38 heavy (non-hydrogen) atoms. The van der Waals surface area contributed by atoms with E-state index in [9.17, 15) is 9.59 Å². The van der Waals surface area contributed by atoms with Crippen LogP contribution in [0.3, 0.4) is 0 Å². The van der Waals surface area contributed by atoms with E-state index in [1.165, 1.54) is 11.9 Å². The van der Waals surface area contributed by atoms with E-state index in [4.69, 9.17) is 5.10 Å². The standard InChI is InChI=1S/C31H31N5O2/c1-4-35(5-2)27-19-17-26(18-20-27)33-31(32-22(3)37)29(25-16-15-23-11-9-10-12-24(23)21-25)34-36(30(31)38)28-13-7-6-8-14-28/h6-21,33H,4-5H2,1-3H3,(H,32,37). The van der Waals surface area contributed by atoms with E-state index >= 15 is 0 Å². The lowest BCUT2D eigenvalue weighted by molar-refractivity contribution is -0.127. The van der Waals surface area contributed by atoms with Gasteiger partial charge in [0.2, 0.25) is 11.6 Å². The first-order valence-corrected chi connectivity index (χ1v) is 12.8. The number of para-hydroxylation sites is 1. The number of hydrogen-bond donors (Lipinski definition) is 2. The molecule has 7 nitrogen and oxygen atoms in total. The average Bonchev–Trinajstić information content (AvgIpc) is 3.21. The topological polar surface area (TPSA) is 77.0 Å². The van der Waals surface area contributed by atoms with E-state index in [0.29, 0.717) is 17.1 Å². The van der Waals surface area contributed by atoms with Gasteiger partial charge in [-0.25, -0.2) is 0 Å². The van der Waals surface area contributed by atoms with Crippen molar-refractivity contribution in [3.8, 4) is 0 Å². The van der Waals surface area contributed by atoms with Crippen LogP contribution in [0.1, 0.15) is 26.3 Å². The zero-order chi connectivity index (χ0) is 26.7. The molecule has 0 radical (unpaired) electrons. The molecule has 4 aromatic carbocycles. The molecule has 7 heteroatoms. The molecule has 2 N–H and O–H groups in total. The van der Waals surface area contributed by atoms with Crippen molar-refractivity contribution in [1.82, 2.24) is 5.32 Å². The summed E-state index contributed by atoms with van der Waals surface area (Å²) in [5.41, 5.74) is 1.92. The normalized spacial score (nSPS) is 16.9. The second kappa shape index (κ2) is 10.4. The monoisotopic (exact) mass is 505 g/mol. The van der Waals surface area contributed by atoms with Crippen LogP contribution in [0.5, 0.6) is 0 Å². The number of rotatable bonds is 8. The third kappa shape index (κ3) is 4.59. The fourth-order valence-electron chi connectivity index (χ4n) is 4.92. The van der Waals surface area contributed by atoms with E-state index in [1.807, 2.05) is 97.1 Å². The predicted molar refractivity (Wildman–Crippen MR) is 155 cm³/mol. The highest BCUT2D eigenvalue weighted by atomic mass is 16.2. The molecule has 1 aliphatic heterocycles. The van der Waals surface area contributed by atoms with E-state index in [1.54, 1.807) is 0 Å². The van der Waals surface area contributed by atoms with Gasteiger partial charge in [0.1, 0.15) is 5.71 Å². The Balaban J connectivity index is 1.64. The maximum absolute atomic E-state index is 14.2. The number of carbonyl (C=O) groups excluding carboxylic acids is 2. The first-order valence-electron chi connectivity index (χ1n) is 12.8. The molecule has 1 unspecified atom stereocenters. The number of hydrogen-bond acceptors (Lipinski definition) is 5. The summed E-state index contributed by atoms with van der Waals surface area (Å²) >= 11 is 0. The highest BCUT2D eigenvalue weighted by molar-refractivity contribution is 6.31. The quantitative estimate of drug-likeness (QED) is 0.315. The third-order valence-electron chi connectivity index (χ3n) is 6.78. The van der Waals surface area contributed by atoms with Crippen LogP contribution in [-0.2, 0) is 9.59 Å². The minimum absolute atomic E-state index is 0.353. The zero-order valence-corrected chi connectivity index (χ0v) is 21.8. The van der Waals surface area contributed by atoms with Crippen LogP contribution in [-0.4, -0.2) is 36.3 Å². The smallest absolute Gasteiger partial charge is 0.300 e. The number of nitrogens with zero attached hydrogens (tertiary/aromatic N) is 3. The van der Waals surface area contributed by atoms with Crippen LogP contribution in [0.2, 0.25) is 0 Å². The lowest BCUT2D eigenvalue weighted by Gasteiger charge is -2.32. The van der Waals surface area contributed by atoms with Crippen LogP contribution in [0.25, 0.3) is 10.8 Å². The highest BCUT2D eigenvalue weighted by Crippen LogP contribution is 2.32. The molecule has 4 aromatic rings. The number of benzene rings is 4. The average molecular weight is 506 g/mol. The molecule has 0 saturated heterocycles. The Bertz CT molecular complexity index is 1500. The lowest BCUT2D eigenvalue weighted by atomic mass is 9.94. The van der Waals surface area contributed by atoms with Crippen molar-refractivity contribution >= 4 is 45.4 Å². The van der Waals surface area contributed by atoms with E-state index in [-0.39, 0.29) is 5.91 Å². The van der Waals surface area contributed by atoms with Gasteiger partial charge in [0, 0.05) is 37.0 Å². The maximum atomic E-state index is 14.2. The number of fused-ring (bicyclic) bond motifs is 1. The first-order chi connectivity index (χ1) is 18.4. The van der Waals surface area contributed by atoms with Crippen LogP contribution in [0.15, 0.2) is 102 Å². The largest absolute Gasteiger partial charge is 0.372 e. The predicted octanol–water partition coefficient (Wildman–Crippen LogP) is 5.38. The van der Waals surface area contributed by atoms with Crippen molar-refractivity contribution in [3.05, 3.63) is 103 Å². The summed E-state index contributed by atoms with van der Waals surface area (Å²) in [5.74, 6) is -0.746. The molecule has 0 aromatic heterocycles. The first kappa shape index (κ1) is 25.0. The summed E-state index contributed by atoms with van der Waals surface area (Å²) in [7, 11) is 0. The van der Waals surface area contributed by atoms with Crippen molar-refractivity contribution in [3.63, 3.8) is 0 Å². The Labute approximate surface area is 222 Å². The Morgan fingerprint density at radius 3 is 2.18 bits per heavy atom. The van der Waals surface area contributed by atoms with Crippen molar-refractivity contribution in [1.29, 1.82) is 0 Å². The van der Waals surface area contributed by atoms with Crippen LogP contribution in [0, 0.1) is 0 Å². The second-order valence-corrected chi connectivity index (χ2v) is 9.24. The molecular formula is C31H31N5O2. The molecular weight excluding hydrogens is 474 g/mol. The summed E-state index contributed by atoms with van der Waals surface area (Å²) in [6, 6.07) is 31.1. The second-order valence-electron chi connectivity index (χ2n) is 9.24. The van der Waals surface area contributed by atoms with Crippen molar-refractivity contribution in [2.45, 2.75) is 26.4 Å². The van der Waals surface area contributed by atoms with Gasteiger partial charge in [0.05, 0.1) is 5.69 Å². The SMILES string of the molecule is CCN(CC)c1ccc(NC2(NC(C)=O)C(=O)N(c3ccccc3)N=C2c2ccc3ccccc3c2)cc1. The lowest BCUT2D eigenvalue weighted by Crippen LogP contribution is -2.64. The van der Waals surface area contributed by atoms with Crippen LogP contribution >= 0.6 is 0 Å². The van der Waals surface area contributed by atoms with E-state index in [0.717, 1.165) is 35.1 Å². The van der Waals surface area contributed by atoms with E-state index in [2.05, 4.69) is 29.4 Å². The van der Waals surface area contributed by atoms with Crippen LogP contribution in [0.4, 0.5) is 17.1 Å². The molecule has 0 saturated carbocycles. The Kier molecular flexibility index (Phi) is 6.83. The fraction of sp³-hybridized carbons (Fsp3) is 0.194. The Morgan fingerprint density at radius 1 is 0.868 bits per heavy atom. The summed E-state index contributed by atoms with van der Waals surface area (Å²) in [4.78, 5) is 29.1. The summed E-state index contributed by atoms with van der Waals surface area (Å²) in [5, 5.41) is 14.5. The van der Waals surface area contributed by atoms with Gasteiger partial charge in [0.25, 0.3) is 0 Å². The van der Waals surface area contributed by atoms with E-state index < -0.39 is 11.6 Å². The fourth-order valence-corrected chi connectivity index (χ4v) is 4.92. The van der Waals surface area contributed by atoms with Gasteiger partial charge in [-0.2, -0.15) is 10.1 Å². The van der Waals surface area contributed by atoms with Gasteiger partial charge >= 0.3 is 5.91 Å². The van der Waals surface area contributed by atoms with Gasteiger partial charge in [-0.1, -0.05) is 54.6 Å². The minimum atomic E-state index is -1.61. The van der Waals surface area contributed by atoms with Crippen molar-refractivity contribution in [2.75, 3.05) is 28.3 Å². The highest BCUT2D eigenvalue weighted by Gasteiger charge is 2.53. The molecule has 1 heterocycles. The number of carbonyl (C=O) groups is 2. The van der Waals surface area contributed by atoms with Gasteiger partial charge < -0.3 is 15.5 Å². The molecule has 1 aliphatic rings.